The van der Waals surface area contributed by atoms with Gasteiger partial charge in [-0.15, -0.1) is 0 Å². The average molecular weight is 139 g/mol. The maximum Gasteiger partial charge on any atom is 0.242 e. The Hall–Kier alpha value is -1.32. The van der Waals surface area contributed by atoms with Gasteiger partial charge in [0, 0.05) is 0 Å². The number of Topliss-reactive ketones (excluding diaryl/α,β-unsaturated/α-hetero) is 3. The number of carbonyl (C=O) groups excluding carboxylic acids is 3. The van der Waals surface area contributed by atoms with Gasteiger partial charge in [0.05, 0.1) is 18.6 Å². The van der Waals surface area contributed by atoms with Gasteiger partial charge >= 0.3 is 0 Å². The first-order chi connectivity index (χ1) is 4.61. The highest BCUT2D eigenvalue weighted by atomic mass is 16.2. The van der Waals surface area contributed by atoms with E-state index in [1.165, 1.54) is 0 Å². The highest BCUT2D eigenvalue weighted by molar-refractivity contribution is 6.69. The number of ketones is 3. The molecular formula is C6H5NO3. The van der Waals surface area contributed by atoms with E-state index in [2.05, 4.69) is 0 Å². The lowest BCUT2D eigenvalue weighted by atomic mass is 9.95. The van der Waals surface area contributed by atoms with Gasteiger partial charge in [0.15, 0.2) is 0 Å². The Kier molecular flexibility index (Phi) is 1.45. The second-order valence-corrected chi connectivity index (χ2v) is 2.12. The minimum Gasteiger partial charge on any atom is -0.301 e. The topological polar surface area (TPSA) is 75.1 Å². The van der Waals surface area contributed by atoms with E-state index in [1.807, 2.05) is 0 Å². The molecule has 4 heteroatoms. The smallest absolute Gasteiger partial charge is 0.242 e. The fourth-order valence-corrected chi connectivity index (χ4v) is 0.768. The Morgan fingerprint density at radius 1 is 1.10 bits per heavy atom. The number of hydrogen-bond acceptors (Lipinski definition) is 4. The second kappa shape index (κ2) is 2.13. The Bertz CT molecular complexity index is 219. The molecule has 0 aromatic carbocycles. The first-order valence-electron chi connectivity index (χ1n) is 2.78. The van der Waals surface area contributed by atoms with E-state index in [4.69, 9.17) is 5.41 Å². The van der Waals surface area contributed by atoms with Gasteiger partial charge in [-0.1, -0.05) is 0 Å². The van der Waals surface area contributed by atoms with Crippen LogP contribution in [0.4, 0.5) is 0 Å². The lowest BCUT2D eigenvalue weighted by Gasteiger charge is -2.06. The summed E-state index contributed by atoms with van der Waals surface area (Å²) in [7, 11) is 0. The first kappa shape index (κ1) is 6.80. The number of carbonyl (C=O) groups is 3. The summed E-state index contributed by atoms with van der Waals surface area (Å²) in [5.41, 5.74) is -0.374. The third-order valence-electron chi connectivity index (χ3n) is 1.26. The second-order valence-electron chi connectivity index (χ2n) is 2.12. The predicted molar refractivity (Wildman–Crippen MR) is 32.0 cm³/mol. The maximum absolute atomic E-state index is 10.5. The average Bonchev–Trinajstić information content (AvgIpc) is 1.82. The zero-order valence-electron chi connectivity index (χ0n) is 5.14. The number of hydrogen-bond donors (Lipinski definition) is 1. The molecule has 0 unspecified atom stereocenters. The van der Waals surface area contributed by atoms with Gasteiger partial charge in [-0.2, -0.15) is 0 Å². The maximum atomic E-state index is 10.5. The van der Waals surface area contributed by atoms with E-state index >= 15 is 0 Å². The molecule has 0 aromatic rings. The van der Waals surface area contributed by atoms with E-state index < -0.39 is 11.6 Å². The predicted octanol–water partition coefficient (Wildman–Crippen LogP) is -0.493. The molecule has 10 heavy (non-hydrogen) atoms. The van der Waals surface area contributed by atoms with Crippen LogP contribution in [0.2, 0.25) is 0 Å². The molecule has 0 saturated heterocycles. The molecule has 4 nitrogen and oxygen atoms in total. The largest absolute Gasteiger partial charge is 0.301 e. The molecule has 0 aliphatic heterocycles. The van der Waals surface area contributed by atoms with Crippen LogP contribution in [-0.2, 0) is 14.4 Å². The van der Waals surface area contributed by atoms with Gasteiger partial charge in [-0.25, -0.2) is 0 Å². The zero-order chi connectivity index (χ0) is 7.72. The molecular weight excluding hydrogens is 134 g/mol. The van der Waals surface area contributed by atoms with Crippen molar-refractivity contribution in [3.63, 3.8) is 0 Å². The van der Waals surface area contributed by atoms with Crippen molar-refractivity contribution in [2.45, 2.75) is 12.8 Å². The van der Waals surface area contributed by atoms with Gasteiger partial charge in [0.2, 0.25) is 11.6 Å². The van der Waals surface area contributed by atoms with Crippen LogP contribution in [0, 0.1) is 5.41 Å². The van der Waals surface area contributed by atoms with E-state index in [0.29, 0.717) is 0 Å². The summed E-state index contributed by atoms with van der Waals surface area (Å²) in [6.45, 7) is 0. The molecule has 0 spiro atoms. The van der Waals surface area contributed by atoms with E-state index in [9.17, 15) is 14.4 Å². The van der Waals surface area contributed by atoms with E-state index in [1.54, 1.807) is 0 Å². The van der Waals surface area contributed by atoms with Crippen molar-refractivity contribution in [1.82, 2.24) is 0 Å². The quantitative estimate of drug-likeness (QED) is 0.363. The number of nitrogens with one attached hydrogen (secondary N) is 1. The third-order valence-corrected chi connectivity index (χ3v) is 1.26. The fourth-order valence-electron chi connectivity index (χ4n) is 0.768. The Balaban J connectivity index is 2.86. The summed E-state index contributed by atoms with van der Waals surface area (Å²) in [5, 5.41) is 6.86. The molecule has 52 valence electrons. The molecule has 0 atom stereocenters. The van der Waals surface area contributed by atoms with Crippen LogP contribution in [-0.4, -0.2) is 23.1 Å². The minimum atomic E-state index is -0.806. The molecule has 1 aliphatic rings. The summed E-state index contributed by atoms with van der Waals surface area (Å²) >= 11 is 0. The summed E-state index contributed by atoms with van der Waals surface area (Å²) < 4.78 is 0. The summed E-state index contributed by atoms with van der Waals surface area (Å²) in [6, 6.07) is 0. The molecule has 0 aromatic heterocycles. The van der Waals surface area contributed by atoms with Crippen LogP contribution in [0.1, 0.15) is 12.8 Å². The normalized spacial score (nSPS) is 20.0. The van der Waals surface area contributed by atoms with Crippen molar-refractivity contribution in [3.05, 3.63) is 0 Å². The molecule has 1 aliphatic carbocycles. The van der Waals surface area contributed by atoms with Crippen molar-refractivity contribution < 1.29 is 14.4 Å². The monoisotopic (exact) mass is 139 g/mol. The van der Waals surface area contributed by atoms with Gasteiger partial charge < -0.3 is 5.41 Å². The van der Waals surface area contributed by atoms with Gasteiger partial charge in [-0.3, -0.25) is 14.4 Å². The van der Waals surface area contributed by atoms with Crippen molar-refractivity contribution in [2.24, 2.45) is 0 Å². The van der Waals surface area contributed by atoms with Crippen molar-refractivity contribution in [1.29, 1.82) is 5.41 Å². The van der Waals surface area contributed by atoms with Gasteiger partial charge in [0.1, 0.15) is 5.78 Å². The Morgan fingerprint density at radius 3 is 2.20 bits per heavy atom. The van der Waals surface area contributed by atoms with E-state index in [-0.39, 0.29) is 24.3 Å². The molecule has 0 bridgehead atoms. The fraction of sp³-hybridized carbons (Fsp3) is 0.333. The standard InChI is InChI=1S/C6H5NO3/c7-4-1-3(8)2-5(9)6(4)10/h7H,1-2H2. The molecule has 0 radical (unpaired) electrons. The van der Waals surface area contributed by atoms with Crippen molar-refractivity contribution in [3.8, 4) is 0 Å². The lowest BCUT2D eigenvalue weighted by molar-refractivity contribution is -0.136. The third kappa shape index (κ3) is 1.00. The molecule has 1 N–H and O–H groups in total. The van der Waals surface area contributed by atoms with Crippen molar-refractivity contribution in [2.75, 3.05) is 0 Å². The van der Waals surface area contributed by atoms with Crippen LogP contribution >= 0.6 is 0 Å². The Labute approximate surface area is 56.7 Å². The molecule has 1 saturated carbocycles. The number of rotatable bonds is 0. The lowest BCUT2D eigenvalue weighted by Crippen LogP contribution is -2.33. The van der Waals surface area contributed by atoms with Gasteiger partial charge in [-0.05, 0) is 0 Å². The summed E-state index contributed by atoms with van der Waals surface area (Å²) in [5.74, 6) is -1.89. The van der Waals surface area contributed by atoms with Crippen LogP contribution in [0.15, 0.2) is 0 Å². The van der Waals surface area contributed by atoms with Crippen LogP contribution in [0.25, 0.3) is 0 Å². The summed E-state index contributed by atoms with van der Waals surface area (Å²) in [4.78, 5) is 31.6. The van der Waals surface area contributed by atoms with Crippen LogP contribution in [0.5, 0.6) is 0 Å². The molecule has 0 heterocycles. The van der Waals surface area contributed by atoms with Crippen LogP contribution in [0.3, 0.4) is 0 Å². The molecule has 0 amide bonds. The van der Waals surface area contributed by atoms with Crippen LogP contribution < -0.4 is 0 Å². The minimum absolute atomic E-state index is 0.176. The molecule has 1 rings (SSSR count). The highest BCUT2D eigenvalue weighted by Crippen LogP contribution is 2.03. The zero-order valence-corrected chi connectivity index (χ0v) is 5.14. The SMILES string of the molecule is N=C1CC(=O)CC(=O)C1=O. The molecule has 1 fully saturated rings. The van der Waals surface area contributed by atoms with Gasteiger partial charge in [0.25, 0.3) is 0 Å². The van der Waals surface area contributed by atoms with E-state index in [0.717, 1.165) is 0 Å². The summed E-state index contributed by atoms with van der Waals surface area (Å²) in [6.07, 6.45) is -0.494. The van der Waals surface area contributed by atoms with Crippen molar-refractivity contribution >= 4 is 23.1 Å². The first-order valence-corrected chi connectivity index (χ1v) is 2.78. The Morgan fingerprint density at radius 2 is 1.70 bits per heavy atom. The highest BCUT2D eigenvalue weighted by Gasteiger charge is 2.28.